The summed E-state index contributed by atoms with van der Waals surface area (Å²) >= 11 is 1.31. The van der Waals surface area contributed by atoms with Crippen molar-refractivity contribution >= 4 is 27.5 Å². The molecule has 1 saturated carbocycles. The molecular weight excluding hydrogens is 360 g/mol. The fourth-order valence-electron chi connectivity index (χ4n) is 3.11. The minimum absolute atomic E-state index is 0.265. The minimum atomic E-state index is -0.265. The first-order chi connectivity index (χ1) is 13.2. The molecule has 0 saturated heterocycles. The Morgan fingerprint density at radius 2 is 1.85 bits per heavy atom. The van der Waals surface area contributed by atoms with Crippen LogP contribution >= 0.6 is 11.3 Å². The van der Waals surface area contributed by atoms with Gasteiger partial charge >= 0.3 is 0 Å². The number of nitriles is 1. The molecule has 0 radical (unpaired) electrons. The Kier molecular flexibility index (Phi) is 7.13. The van der Waals surface area contributed by atoms with Gasteiger partial charge in [-0.15, -0.1) is 10.2 Å². The zero-order valence-electron chi connectivity index (χ0n) is 15.2. The Morgan fingerprint density at radius 1 is 1.11 bits per heavy atom. The molecule has 0 spiro atoms. The van der Waals surface area contributed by atoms with Crippen LogP contribution in [-0.2, 0) is 0 Å². The molecule has 7 nitrogen and oxygen atoms in total. The van der Waals surface area contributed by atoms with Gasteiger partial charge in [0.05, 0.1) is 11.6 Å². The number of nitrogens with one attached hydrogen (secondary N) is 3. The molecule has 0 atom stereocenters. The van der Waals surface area contributed by atoms with Crippen LogP contribution in [0, 0.1) is 11.3 Å². The number of anilines is 2. The van der Waals surface area contributed by atoms with Crippen molar-refractivity contribution in [1.29, 1.82) is 5.26 Å². The van der Waals surface area contributed by atoms with Crippen molar-refractivity contribution in [2.75, 3.05) is 23.7 Å². The van der Waals surface area contributed by atoms with Gasteiger partial charge in [-0.25, -0.2) is 0 Å². The molecule has 27 heavy (non-hydrogen) atoms. The van der Waals surface area contributed by atoms with E-state index in [0.717, 1.165) is 19.5 Å². The van der Waals surface area contributed by atoms with Gasteiger partial charge in [0, 0.05) is 18.2 Å². The highest BCUT2D eigenvalue weighted by Crippen LogP contribution is 2.21. The number of carbonyl (C=O) groups is 1. The zero-order valence-corrected chi connectivity index (χ0v) is 16.0. The molecule has 1 aliphatic rings. The third-order valence-electron chi connectivity index (χ3n) is 4.59. The predicted molar refractivity (Wildman–Crippen MR) is 107 cm³/mol. The Labute approximate surface area is 163 Å². The lowest BCUT2D eigenvalue weighted by molar-refractivity contribution is 0.102. The number of nitrogens with zero attached hydrogens (tertiary/aromatic N) is 3. The van der Waals surface area contributed by atoms with Crippen molar-refractivity contribution in [3.8, 4) is 6.07 Å². The Morgan fingerprint density at radius 3 is 2.59 bits per heavy atom. The quantitative estimate of drug-likeness (QED) is 0.603. The number of hydrogen-bond donors (Lipinski definition) is 3. The molecule has 142 valence electrons. The van der Waals surface area contributed by atoms with Crippen molar-refractivity contribution in [2.45, 2.75) is 44.6 Å². The number of aromatic nitrogens is 2. The van der Waals surface area contributed by atoms with Gasteiger partial charge in [-0.1, -0.05) is 30.6 Å². The van der Waals surface area contributed by atoms with Crippen molar-refractivity contribution in [3.63, 3.8) is 0 Å². The van der Waals surface area contributed by atoms with E-state index < -0.39 is 0 Å². The van der Waals surface area contributed by atoms with E-state index in [2.05, 4.69) is 26.1 Å². The van der Waals surface area contributed by atoms with Crippen LogP contribution in [0.15, 0.2) is 24.3 Å². The van der Waals surface area contributed by atoms with Crippen LogP contribution in [0.3, 0.4) is 0 Å². The lowest BCUT2D eigenvalue weighted by Gasteiger charge is -2.22. The number of carbonyl (C=O) groups excluding carboxylic acids is 1. The van der Waals surface area contributed by atoms with Crippen LogP contribution in [-0.4, -0.2) is 35.2 Å². The van der Waals surface area contributed by atoms with Gasteiger partial charge < -0.3 is 10.6 Å². The molecule has 3 rings (SSSR count). The molecule has 8 heteroatoms. The lowest BCUT2D eigenvalue weighted by Crippen LogP contribution is -2.32. The molecule has 1 aromatic heterocycles. The molecule has 0 unspecified atom stereocenters. The Hall–Kier alpha value is -2.50. The summed E-state index contributed by atoms with van der Waals surface area (Å²) in [7, 11) is 0. The topological polar surface area (TPSA) is 103 Å². The minimum Gasteiger partial charge on any atom is -0.360 e. The summed E-state index contributed by atoms with van der Waals surface area (Å²) < 4.78 is 0. The van der Waals surface area contributed by atoms with Crippen molar-refractivity contribution < 1.29 is 4.79 Å². The van der Waals surface area contributed by atoms with Crippen molar-refractivity contribution in [3.05, 3.63) is 35.4 Å². The van der Waals surface area contributed by atoms with E-state index in [1.165, 1.54) is 43.4 Å². The van der Waals surface area contributed by atoms with Crippen molar-refractivity contribution in [2.24, 2.45) is 0 Å². The predicted octanol–water partition coefficient (Wildman–Crippen LogP) is 3.39. The first-order valence-corrected chi connectivity index (χ1v) is 10.2. The normalized spacial score (nSPS) is 14.5. The summed E-state index contributed by atoms with van der Waals surface area (Å²) in [5.41, 5.74) is 0.999. The van der Waals surface area contributed by atoms with Gasteiger partial charge in [0.15, 0.2) is 0 Å². The maximum absolute atomic E-state index is 12.2. The summed E-state index contributed by atoms with van der Waals surface area (Å²) in [5, 5.41) is 27.6. The van der Waals surface area contributed by atoms with Crippen LogP contribution in [0.1, 0.15) is 54.4 Å². The molecule has 1 aliphatic carbocycles. The summed E-state index contributed by atoms with van der Waals surface area (Å²) in [6.07, 6.45) is 7.68. The standard InChI is InChI=1S/C19H24N6OS/c20-13-14-7-9-15(10-8-14)17(26)23-19-25-24-18(27-19)22-12-4-11-21-16-5-2-1-3-6-16/h7-10,16,21H,1-6,11-12H2,(H,22,24)(H,23,25,26). The van der Waals surface area contributed by atoms with Gasteiger partial charge in [-0.3, -0.25) is 10.1 Å². The van der Waals surface area contributed by atoms with Crippen LogP contribution in [0.2, 0.25) is 0 Å². The third-order valence-corrected chi connectivity index (χ3v) is 5.39. The van der Waals surface area contributed by atoms with Gasteiger partial charge in [-0.05, 0) is 50.1 Å². The van der Waals surface area contributed by atoms with Crippen molar-refractivity contribution in [1.82, 2.24) is 15.5 Å². The third kappa shape index (κ3) is 6.01. The second kappa shape index (κ2) is 10.00. The molecule has 0 bridgehead atoms. The summed E-state index contributed by atoms with van der Waals surface area (Å²) in [6, 6.07) is 9.18. The first kappa shape index (κ1) is 19.3. The first-order valence-electron chi connectivity index (χ1n) is 9.37. The molecule has 1 heterocycles. The fraction of sp³-hybridized carbons (Fsp3) is 0.474. The highest BCUT2D eigenvalue weighted by Gasteiger charge is 2.12. The SMILES string of the molecule is N#Cc1ccc(C(=O)Nc2nnc(NCCCNC3CCCCC3)s2)cc1. The second-order valence-corrected chi connectivity index (χ2v) is 7.60. The highest BCUT2D eigenvalue weighted by atomic mass is 32.1. The Bertz CT molecular complexity index is 776. The molecular formula is C19H24N6OS. The van der Waals surface area contributed by atoms with E-state index in [9.17, 15) is 4.79 Å². The highest BCUT2D eigenvalue weighted by molar-refractivity contribution is 7.19. The smallest absolute Gasteiger partial charge is 0.257 e. The number of rotatable bonds is 8. The maximum Gasteiger partial charge on any atom is 0.257 e. The number of amides is 1. The van der Waals surface area contributed by atoms with E-state index in [1.54, 1.807) is 24.3 Å². The number of benzene rings is 1. The molecule has 2 aromatic rings. The van der Waals surface area contributed by atoms with Crippen LogP contribution in [0.5, 0.6) is 0 Å². The van der Waals surface area contributed by atoms with Gasteiger partial charge in [-0.2, -0.15) is 5.26 Å². The summed E-state index contributed by atoms with van der Waals surface area (Å²) in [6.45, 7) is 1.82. The van der Waals surface area contributed by atoms with Crippen LogP contribution in [0.4, 0.5) is 10.3 Å². The average molecular weight is 385 g/mol. The zero-order chi connectivity index (χ0) is 18.9. The second-order valence-electron chi connectivity index (χ2n) is 6.63. The molecule has 0 aliphatic heterocycles. The van der Waals surface area contributed by atoms with Gasteiger partial charge in [0.2, 0.25) is 10.3 Å². The van der Waals surface area contributed by atoms with Gasteiger partial charge in [0.25, 0.3) is 5.91 Å². The van der Waals surface area contributed by atoms with Crippen LogP contribution in [0.25, 0.3) is 0 Å². The molecule has 1 amide bonds. The molecule has 3 N–H and O–H groups in total. The van der Waals surface area contributed by atoms with E-state index >= 15 is 0 Å². The Balaban J connectivity index is 1.37. The molecule has 1 fully saturated rings. The van der Waals surface area contributed by atoms with Crippen LogP contribution < -0.4 is 16.0 Å². The summed E-state index contributed by atoms with van der Waals surface area (Å²) in [5.74, 6) is -0.265. The number of hydrogen-bond acceptors (Lipinski definition) is 7. The van der Waals surface area contributed by atoms with E-state index in [0.29, 0.717) is 27.4 Å². The monoisotopic (exact) mass is 384 g/mol. The largest absolute Gasteiger partial charge is 0.360 e. The average Bonchev–Trinajstić information content (AvgIpc) is 3.15. The van der Waals surface area contributed by atoms with E-state index in [1.807, 2.05) is 6.07 Å². The maximum atomic E-state index is 12.2. The summed E-state index contributed by atoms with van der Waals surface area (Å²) in [4.78, 5) is 12.2. The lowest BCUT2D eigenvalue weighted by atomic mass is 9.95. The fourth-order valence-corrected chi connectivity index (χ4v) is 3.77. The van der Waals surface area contributed by atoms with E-state index in [-0.39, 0.29) is 5.91 Å². The van der Waals surface area contributed by atoms with E-state index in [4.69, 9.17) is 5.26 Å². The van der Waals surface area contributed by atoms with Gasteiger partial charge in [0.1, 0.15) is 0 Å². The molecule has 1 aromatic carbocycles.